The molecule has 2 atom stereocenters. The van der Waals surface area contributed by atoms with Crippen LogP contribution < -0.4 is 4.74 Å². The molecular formula is C17H22F3NO4. The first-order chi connectivity index (χ1) is 11.7. The molecule has 2 unspecified atom stereocenters. The molecule has 8 heteroatoms. The summed E-state index contributed by atoms with van der Waals surface area (Å²) in [6, 6.07) is 5.42. The van der Waals surface area contributed by atoms with E-state index >= 15 is 0 Å². The Hall–Kier alpha value is -1.80. The van der Waals surface area contributed by atoms with Crippen LogP contribution in [-0.2, 0) is 20.8 Å². The molecule has 0 N–H and O–H groups in total. The molecule has 1 saturated heterocycles. The number of halogens is 3. The maximum Gasteiger partial charge on any atom is 0.573 e. The van der Waals surface area contributed by atoms with Gasteiger partial charge in [-0.15, -0.1) is 13.2 Å². The van der Waals surface area contributed by atoms with Gasteiger partial charge in [-0.3, -0.25) is 4.79 Å². The normalized spacial score (nSPS) is 18.8. The number of likely N-dealkylation sites (N-methyl/N-ethyl adjacent to an activating group) is 1. The van der Waals surface area contributed by atoms with Crippen molar-refractivity contribution in [3.63, 3.8) is 0 Å². The van der Waals surface area contributed by atoms with Crippen molar-refractivity contribution in [1.82, 2.24) is 4.90 Å². The number of hydrogen-bond donors (Lipinski definition) is 0. The Labute approximate surface area is 144 Å². The standard InChI is InChI=1S/C17H22F3NO4/c1-12(24-11-15-4-3-9-23-15)16(22)21(2)10-13-5-7-14(8-6-13)25-17(18,19)20/h5-8,12,15H,3-4,9-11H2,1-2H3. The average molecular weight is 361 g/mol. The van der Waals surface area contributed by atoms with Gasteiger partial charge in [0.05, 0.1) is 12.7 Å². The van der Waals surface area contributed by atoms with E-state index in [1.807, 2.05) is 0 Å². The minimum atomic E-state index is -4.72. The smallest absolute Gasteiger partial charge is 0.406 e. The number of alkyl halides is 3. The van der Waals surface area contributed by atoms with Crippen molar-refractivity contribution < 1.29 is 32.2 Å². The van der Waals surface area contributed by atoms with Crippen molar-refractivity contribution in [2.45, 2.75) is 44.9 Å². The van der Waals surface area contributed by atoms with E-state index in [4.69, 9.17) is 9.47 Å². The lowest BCUT2D eigenvalue weighted by molar-refractivity contribution is -0.274. The zero-order valence-electron chi connectivity index (χ0n) is 14.2. The van der Waals surface area contributed by atoms with E-state index in [2.05, 4.69) is 4.74 Å². The lowest BCUT2D eigenvalue weighted by atomic mass is 10.2. The third kappa shape index (κ3) is 6.55. The zero-order chi connectivity index (χ0) is 18.4. The Morgan fingerprint density at radius 3 is 2.60 bits per heavy atom. The van der Waals surface area contributed by atoms with E-state index in [-0.39, 0.29) is 24.3 Å². The topological polar surface area (TPSA) is 48.0 Å². The summed E-state index contributed by atoms with van der Waals surface area (Å²) < 4.78 is 51.2. The highest BCUT2D eigenvalue weighted by atomic mass is 19.4. The lowest BCUT2D eigenvalue weighted by Crippen LogP contribution is -2.37. The highest BCUT2D eigenvalue weighted by molar-refractivity contribution is 5.80. The number of nitrogens with zero attached hydrogens (tertiary/aromatic N) is 1. The number of carbonyl (C=O) groups is 1. The summed E-state index contributed by atoms with van der Waals surface area (Å²) in [6.45, 7) is 3.04. The third-order valence-electron chi connectivity index (χ3n) is 3.86. The van der Waals surface area contributed by atoms with E-state index in [0.29, 0.717) is 12.2 Å². The van der Waals surface area contributed by atoms with Crippen LogP contribution in [-0.4, -0.2) is 49.6 Å². The lowest BCUT2D eigenvalue weighted by Gasteiger charge is -2.23. The van der Waals surface area contributed by atoms with E-state index in [1.165, 1.54) is 29.2 Å². The molecule has 0 radical (unpaired) electrons. The van der Waals surface area contributed by atoms with Gasteiger partial charge in [-0.2, -0.15) is 0 Å². The molecule has 1 aromatic rings. The number of carbonyl (C=O) groups excluding carboxylic acids is 1. The summed E-state index contributed by atoms with van der Waals surface area (Å²) in [5, 5.41) is 0. The summed E-state index contributed by atoms with van der Waals surface area (Å²) in [4.78, 5) is 13.8. The Morgan fingerprint density at radius 2 is 2.04 bits per heavy atom. The van der Waals surface area contributed by atoms with Crippen molar-refractivity contribution >= 4 is 5.91 Å². The van der Waals surface area contributed by atoms with E-state index in [9.17, 15) is 18.0 Å². The highest BCUT2D eigenvalue weighted by Gasteiger charge is 2.31. The van der Waals surface area contributed by atoms with Crippen LogP contribution in [0.4, 0.5) is 13.2 Å². The van der Waals surface area contributed by atoms with Gasteiger partial charge in [-0.05, 0) is 37.5 Å². The average Bonchev–Trinajstić information content (AvgIpc) is 3.05. The second-order valence-corrected chi connectivity index (χ2v) is 6.00. The molecule has 1 fully saturated rings. The quantitative estimate of drug-likeness (QED) is 0.749. The van der Waals surface area contributed by atoms with Gasteiger partial charge < -0.3 is 19.1 Å². The second-order valence-electron chi connectivity index (χ2n) is 6.00. The summed E-state index contributed by atoms with van der Waals surface area (Å²) in [7, 11) is 1.62. The van der Waals surface area contributed by atoms with E-state index in [0.717, 1.165) is 19.4 Å². The maximum atomic E-state index is 12.3. The first-order valence-corrected chi connectivity index (χ1v) is 8.07. The summed E-state index contributed by atoms with van der Waals surface area (Å²) >= 11 is 0. The molecule has 0 aromatic heterocycles. The van der Waals surface area contributed by atoms with Gasteiger partial charge in [0.25, 0.3) is 5.91 Å². The van der Waals surface area contributed by atoms with Crippen LogP contribution >= 0.6 is 0 Å². The third-order valence-corrected chi connectivity index (χ3v) is 3.86. The second kappa shape index (κ2) is 8.53. The number of benzene rings is 1. The Kier molecular flexibility index (Phi) is 6.66. The van der Waals surface area contributed by atoms with Gasteiger partial charge in [0, 0.05) is 20.2 Å². The van der Waals surface area contributed by atoms with E-state index < -0.39 is 12.5 Å². The largest absolute Gasteiger partial charge is 0.573 e. The zero-order valence-corrected chi connectivity index (χ0v) is 14.2. The Balaban J connectivity index is 1.81. The summed E-state index contributed by atoms with van der Waals surface area (Å²) in [5.74, 6) is -0.493. The fraction of sp³-hybridized carbons (Fsp3) is 0.588. The first kappa shape index (κ1) is 19.5. The van der Waals surface area contributed by atoms with Gasteiger partial charge in [0.15, 0.2) is 0 Å². The molecule has 1 aliphatic rings. The van der Waals surface area contributed by atoms with Crippen LogP contribution in [0.25, 0.3) is 0 Å². The summed E-state index contributed by atoms with van der Waals surface area (Å²) in [5.41, 5.74) is 0.691. The molecule has 0 aliphatic carbocycles. The minimum absolute atomic E-state index is 0.0433. The number of hydrogen-bond acceptors (Lipinski definition) is 4. The van der Waals surface area contributed by atoms with Crippen molar-refractivity contribution in [3.05, 3.63) is 29.8 Å². The number of ether oxygens (including phenoxy) is 3. The fourth-order valence-electron chi connectivity index (χ4n) is 2.56. The van der Waals surface area contributed by atoms with Gasteiger partial charge in [0.2, 0.25) is 0 Å². The van der Waals surface area contributed by atoms with Crippen LogP contribution in [0.3, 0.4) is 0 Å². The molecule has 0 saturated carbocycles. The molecule has 1 amide bonds. The van der Waals surface area contributed by atoms with Crippen molar-refractivity contribution in [1.29, 1.82) is 0 Å². The Morgan fingerprint density at radius 1 is 1.36 bits per heavy atom. The number of amides is 1. The fourth-order valence-corrected chi connectivity index (χ4v) is 2.56. The van der Waals surface area contributed by atoms with E-state index in [1.54, 1.807) is 14.0 Å². The maximum absolute atomic E-state index is 12.3. The predicted octanol–water partition coefficient (Wildman–Crippen LogP) is 3.13. The van der Waals surface area contributed by atoms with Gasteiger partial charge >= 0.3 is 6.36 Å². The monoisotopic (exact) mass is 361 g/mol. The predicted molar refractivity (Wildman–Crippen MR) is 84.0 cm³/mol. The molecule has 1 aliphatic heterocycles. The van der Waals surface area contributed by atoms with Crippen LogP contribution in [0.15, 0.2) is 24.3 Å². The molecule has 0 bridgehead atoms. The van der Waals surface area contributed by atoms with Crippen molar-refractivity contribution in [3.8, 4) is 5.75 Å². The van der Waals surface area contributed by atoms with Crippen molar-refractivity contribution in [2.75, 3.05) is 20.3 Å². The van der Waals surface area contributed by atoms with Gasteiger partial charge in [-0.25, -0.2) is 0 Å². The Bertz CT molecular complexity index is 556. The molecular weight excluding hydrogens is 339 g/mol. The van der Waals surface area contributed by atoms with Crippen LogP contribution in [0.2, 0.25) is 0 Å². The van der Waals surface area contributed by atoms with Crippen LogP contribution in [0, 0.1) is 0 Å². The van der Waals surface area contributed by atoms with Crippen LogP contribution in [0.1, 0.15) is 25.3 Å². The molecule has 5 nitrogen and oxygen atoms in total. The van der Waals surface area contributed by atoms with Crippen LogP contribution in [0.5, 0.6) is 5.75 Å². The first-order valence-electron chi connectivity index (χ1n) is 8.07. The molecule has 140 valence electrons. The molecule has 0 spiro atoms. The number of rotatable bonds is 7. The summed E-state index contributed by atoms with van der Waals surface area (Å²) in [6.07, 6.45) is -3.35. The molecule has 25 heavy (non-hydrogen) atoms. The molecule has 1 heterocycles. The molecule has 2 rings (SSSR count). The SMILES string of the molecule is CC(OCC1CCCO1)C(=O)N(C)Cc1ccc(OC(F)(F)F)cc1. The van der Waals surface area contributed by atoms with Gasteiger partial charge in [-0.1, -0.05) is 12.1 Å². The van der Waals surface area contributed by atoms with Gasteiger partial charge in [0.1, 0.15) is 11.9 Å². The molecule has 1 aromatic carbocycles. The highest BCUT2D eigenvalue weighted by Crippen LogP contribution is 2.23. The van der Waals surface area contributed by atoms with Crippen molar-refractivity contribution in [2.24, 2.45) is 0 Å². The minimum Gasteiger partial charge on any atom is -0.406 e.